The van der Waals surface area contributed by atoms with Gasteiger partial charge in [0.2, 0.25) is 5.91 Å². The molecule has 1 amide bonds. The molecule has 1 N–H and O–H groups in total. The van der Waals surface area contributed by atoms with Crippen LogP contribution in [0.25, 0.3) is 0 Å². The van der Waals surface area contributed by atoms with E-state index in [4.69, 9.17) is 4.74 Å². The highest BCUT2D eigenvalue weighted by atomic mass is 16.5. The Kier molecular flexibility index (Phi) is 7.57. The Balaban J connectivity index is 1.77. The molecule has 4 nitrogen and oxygen atoms in total. The first-order valence-corrected chi connectivity index (χ1v) is 9.31. The van der Waals surface area contributed by atoms with Crippen LogP contribution in [0.5, 0.6) is 5.75 Å². The van der Waals surface area contributed by atoms with Crippen molar-refractivity contribution in [3.8, 4) is 5.75 Å². The van der Waals surface area contributed by atoms with E-state index in [1.165, 1.54) is 5.56 Å². The molecule has 1 aromatic carbocycles. The molecule has 1 fully saturated rings. The molecule has 134 valence electrons. The van der Waals surface area contributed by atoms with Crippen LogP contribution in [0.1, 0.15) is 45.6 Å². The molecule has 24 heavy (non-hydrogen) atoms. The third-order valence-corrected chi connectivity index (χ3v) is 4.65. The van der Waals surface area contributed by atoms with E-state index in [-0.39, 0.29) is 11.8 Å². The zero-order valence-corrected chi connectivity index (χ0v) is 15.4. The van der Waals surface area contributed by atoms with Crippen molar-refractivity contribution in [2.45, 2.75) is 46.6 Å². The highest BCUT2D eigenvalue weighted by Crippen LogP contribution is 2.23. The molecule has 1 aliphatic heterocycles. The number of para-hydroxylation sites is 1. The summed E-state index contributed by atoms with van der Waals surface area (Å²) in [4.78, 5) is 14.7. The molecule has 4 heteroatoms. The molecule has 0 unspecified atom stereocenters. The highest BCUT2D eigenvalue weighted by molar-refractivity contribution is 5.78. The minimum absolute atomic E-state index is 0.176. The van der Waals surface area contributed by atoms with E-state index in [0.29, 0.717) is 12.5 Å². The SMILES string of the molecule is CCOc1ccccc1CN1CCC(C(=O)NCCC(C)C)CC1. The number of nitrogens with zero attached hydrogens (tertiary/aromatic N) is 1. The van der Waals surface area contributed by atoms with Crippen molar-refractivity contribution in [1.82, 2.24) is 10.2 Å². The summed E-state index contributed by atoms with van der Waals surface area (Å²) in [6.07, 6.45) is 2.95. The highest BCUT2D eigenvalue weighted by Gasteiger charge is 2.25. The van der Waals surface area contributed by atoms with Crippen molar-refractivity contribution in [2.24, 2.45) is 11.8 Å². The second kappa shape index (κ2) is 9.67. The molecule has 1 saturated heterocycles. The first-order chi connectivity index (χ1) is 11.6. The average molecular weight is 332 g/mol. The van der Waals surface area contributed by atoms with Gasteiger partial charge in [0.05, 0.1) is 6.61 Å². The number of rotatable bonds is 8. The van der Waals surface area contributed by atoms with Crippen LogP contribution in [0.2, 0.25) is 0 Å². The third kappa shape index (κ3) is 5.82. The number of piperidine rings is 1. The zero-order valence-electron chi connectivity index (χ0n) is 15.4. The fourth-order valence-corrected chi connectivity index (χ4v) is 3.15. The first kappa shape index (κ1) is 18.8. The molecule has 0 saturated carbocycles. The summed E-state index contributed by atoms with van der Waals surface area (Å²) in [6.45, 7) is 10.7. The number of hydrogen-bond acceptors (Lipinski definition) is 3. The van der Waals surface area contributed by atoms with E-state index in [0.717, 1.165) is 51.2 Å². The lowest BCUT2D eigenvalue weighted by Crippen LogP contribution is -2.40. The van der Waals surface area contributed by atoms with Gasteiger partial charge in [0, 0.05) is 24.6 Å². The summed E-state index contributed by atoms with van der Waals surface area (Å²) in [7, 11) is 0. The van der Waals surface area contributed by atoms with Crippen LogP contribution in [0, 0.1) is 11.8 Å². The van der Waals surface area contributed by atoms with Crippen LogP contribution >= 0.6 is 0 Å². The number of nitrogens with one attached hydrogen (secondary N) is 1. The third-order valence-electron chi connectivity index (χ3n) is 4.65. The van der Waals surface area contributed by atoms with Crippen molar-refractivity contribution in [3.63, 3.8) is 0 Å². The fraction of sp³-hybridized carbons (Fsp3) is 0.650. The van der Waals surface area contributed by atoms with Gasteiger partial charge in [0.1, 0.15) is 5.75 Å². The molecule has 1 heterocycles. The maximum atomic E-state index is 12.2. The number of amides is 1. The lowest BCUT2D eigenvalue weighted by molar-refractivity contribution is -0.126. The van der Waals surface area contributed by atoms with Gasteiger partial charge in [-0.1, -0.05) is 32.0 Å². The van der Waals surface area contributed by atoms with Gasteiger partial charge < -0.3 is 10.1 Å². The number of carbonyl (C=O) groups excluding carboxylic acids is 1. The summed E-state index contributed by atoms with van der Waals surface area (Å²) < 4.78 is 5.71. The molecule has 2 rings (SSSR count). The summed E-state index contributed by atoms with van der Waals surface area (Å²) >= 11 is 0. The predicted octanol–water partition coefficient (Wildman–Crippen LogP) is 3.46. The van der Waals surface area contributed by atoms with Gasteiger partial charge in [-0.3, -0.25) is 9.69 Å². The van der Waals surface area contributed by atoms with Crippen LogP contribution < -0.4 is 10.1 Å². The van der Waals surface area contributed by atoms with Crippen molar-refractivity contribution >= 4 is 5.91 Å². The first-order valence-electron chi connectivity index (χ1n) is 9.31. The Bertz CT molecular complexity index is 508. The largest absolute Gasteiger partial charge is 0.494 e. The van der Waals surface area contributed by atoms with Gasteiger partial charge in [0.25, 0.3) is 0 Å². The Morgan fingerprint density at radius 2 is 2.00 bits per heavy atom. The molecule has 1 aliphatic rings. The normalized spacial score (nSPS) is 16.3. The molecule has 0 atom stereocenters. The Labute approximate surface area is 146 Å². The van der Waals surface area contributed by atoms with Gasteiger partial charge in [-0.2, -0.15) is 0 Å². The zero-order chi connectivity index (χ0) is 17.4. The van der Waals surface area contributed by atoms with Crippen LogP contribution in [0.15, 0.2) is 24.3 Å². The minimum atomic E-state index is 0.176. The molecule has 0 aliphatic carbocycles. The van der Waals surface area contributed by atoms with E-state index in [9.17, 15) is 4.79 Å². The van der Waals surface area contributed by atoms with Crippen LogP contribution in [0.3, 0.4) is 0 Å². The Morgan fingerprint density at radius 3 is 2.67 bits per heavy atom. The second-order valence-electron chi connectivity index (χ2n) is 7.06. The number of likely N-dealkylation sites (tertiary alicyclic amines) is 1. The summed E-state index contributed by atoms with van der Waals surface area (Å²) in [6, 6.07) is 8.25. The van der Waals surface area contributed by atoms with Crippen molar-refractivity contribution < 1.29 is 9.53 Å². The van der Waals surface area contributed by atoms with E-state index in [1.54, 1.807) is 0 Å². The lowest BCUT2D eigenvalue weighted by atomic mass is 9.95. The summed E-state index contributed by atoms with van der Waals surface area (Å²) in [5.74, 6) is 2.03. The van der Waals surface area contributed by atoms with Gasteiger partial charge in [-0.25, -0.2) is 0 Å². The monoisotopic (exact) mass is 332 g/mol. The van der Waals surface area contributed by atoms with Gasteiger partial charge in [-0.05, 0) is 51.3 Å². The molecular formula is C20H32N2O2. The molecule has 0 bridgehead atoms. The average Bonchev–Trinajstić information content (AvgIpc) is 2.57. The Morgan fingerprint density at radius 1 is 1.29 bits per heavy atom. The molecular weight excluding hydrogens is 300 g/mol. The smallest absolute Gasteiger partial charge is 0.223 e. The van der Waals surface area contributed by atoms with Gasteiger partial charge in [-0.15, -0.1) is 0 Å². The van der Waals surface area contributed by atoms with Gasteiger partial charge in [0.15, 0.2) is 0 Å². The quantitative estimate of drug-likeness (QED) is 0.793. The number of hydrogen-bond donors (Lipinski definition) is 1. The number of benzene rings is 1. The van der Waals surface area contributed by atoms with Crippen LogP contribution in [0.4, 0.5) is 0 Å². The second-order valence-corrected chi connectivity index (χ2v) is 7.06. The molecule has 1 aromatic rings. The predicted molar refractivity (Wildman–Crippen MR) is 98.1 cm³/mol. The molecule has 0 aromatic heterocycles. The van der Waals surface area contributed by atoms with E-state index >= 15 is 0 Å². The summed E-state index contributed by atoms with van der Waals surface area (Å²) in [5.41, 5.74) is 1.24. The fourth-order valence-electron chi connectivity index (χ4n) is 3.15. The van der Waals surface area contributed by atoms with Crippen LogP contribution in [-0.4, -0.2) is 37.0 Å². The van der Waals surface area contributed by atoms with E-state index in [1.807, 2.05) is 19.1 Å². The lowest BCUT2D eigenvalue weighted by Gasteiger charge is -2.31. The van der Waals surface area contributed by atoms with Crippen LogP contribution in [-0.2, 0) is 11.3 Å². The topological polar surface area (TPSA) is 41.6 Å². The molecule has 0 spiro atoms. The van der Waals surface area contributed by atoms with E-state index < -0.39 is 0 Å². The Hall–Kier alpha value is -1.55. The van der Waals surface area contributed by atoms with Crippen molar-refractivity contribution in [1.29, 1.82) is 0 Å². The number of ether oxygens (including phenoxy) is 1. The van der Waals surface area contributed by atoms with Gasteiger partial charge >= 0.3 is 0 Å². The number of carbonyl (C=O) groups is 1. The maximum Gasteiger partial charge on any atom is 0.223 e. The maximum absolute atomic E-state index is 12.2. The standard InChI is InChI=1S/C20H32N2O2/c1-4-24-19-8-6-5-7-18(19)15-22-13-10-17(11-14-22)20(23)21-12-9-16(2)3/h5-8,16-17H,4,9-15H2,1-3H3,(H,21,23). The van der Waals surface area contributed by atoms with Crippen molar-refractivity contribution in [3.05, 3.63) is 29.8 Å². The molecule has 0 radical (unpaired) electrons. The summed E-state index contributed by atoms with van der Waals surface area (Å²) in [5, 5.41) is 3.10. The minimum Gasteiger partial charge on any atom is -0.494 e. The van der Waals surface area contributed by atoms with E-state index in [2.05, 4.69) is 36.2 Å². The van der Waals surface area contributed by atoms with Crippen molar-refractivity contribution in [2.75, 3.05) is 26.2 Å².